The Morgan fingerprint density at radius 2 is 1.78 bits per heavy atom. The standard InChI is InChI=1S/C30H36ClN3O3/c1-37-19-18-33(22-28-16-9-17-32(28)21-24-10-4-2-5-11-24)29(35)23-34(27-14-6-3-7-15-27)30(36)25-12-8-13-26(31)20-25/h2,4-5,8-13,16-17,20,27H,3,6-7,14-15,18-19,21-23H2,1H3. The van der Waals surface area contributed by atoms with Gasteiger partial charge >= 0.3 is 0 Å². The Balaban J connectivity index is 1.53. The molecule has 1 aliphatic carbocycles. The summed E-state index contributed by atoms with van der Waals surface area (Å²) in [5, 5.41) is 0.515. The van der Waals surface area contributed by atoms with Crippen LogP contribution in [0.3, 0.4) is 0 Å². The number of rotatable bonds is 11. The molecule has 1 heterocycles. The van der Waals surface area contributed by atoms with E-state index in [9.17, 15) is 9.59 Å². The molecule has 0 unspecified atom stereocenters. The Kier molecular flexibility index (Phi) is 9.80. The lowest BCUT2D eigenvalue weighted by Crippen LogP contribution is -2.48. The predicted octanol–water partition coefficient (Wildman–Crippen LogP) is 5.64. The lowest BCUT2D eigenvalue weighted by molar-refractivity contribution is -0.133. The van der Waals surface area contributed by atoms with Crippen LogP contribution in [0.5, 0.6) is 0 Å². The van der Waals surface area contributed by atoms with Crippen molar-refractivity contribution in [3.05, 3.63) is 94.8 Å². The third-order valence-electron chi connectivity index (χ3n) is 7.04. The van der Waals surface area contributed by atoms with E-state index >= 15 is 0 Å². The van der Waals surface area contributed by atoms with Gasteiger partial charge in [0.15, 0.2) is 0 Å². The van der Waals surface area contributed by atoms with Gasteiger partial charge in [-0.25, -0.2) is 0 Å². The number of benzene rings is 2. The van der Waals surface area contributed by atoms with E-state index in [1.807, 2.05) is 36.5 Å². The Bertz CT molecular complexity index is 1160. The van der Waals surface area contributed by atoms with Crippen LogP contribution in [0.1, 0.15) is 53.7 Å². The van der Waals surface area contributed by atoms with Crippen molar-refractivity contribution in [3.63, 3.8) is 0 Å². The molecule has 1 aliphatic rings. The number of methoxy groups -OCH3 is 1. The van der Waals surface area contributed by atoms with E-state index in [2.05, 4.69) is 16.7 Å². The monoisotopic (exact) mass is 521 g/mol. The second-order valence-corrected chi connectivity index (χ2v) is 10.1. The largest absolute Gasteiger partial charge is 0.383 e. The second-order valence-electron chi connectivity index (χ2n) is 9.66. The summed E-state index contributed by atoms with van der Waals surface area (Å²) in [6.45, 7) is 2.11. The summed E-state index contributed by atoms with van der Waals surface area (Å²) in [5.74, 6) is -0.215. The van der Waals surface area contributed by atoms with Gasteiger partial charge in [0.25, 0.3) is 5.91 Å². The van der Waals surface area contributed by atoms with Crippen LogP contribution in [0.4, 0.5) is 0 Å². The molecule has 6 nitrogen and oxygen atoms in total. The minimum Gasteiger partial charge on any atom is -0.383 e. The van der Waals surface area contributed by atoms with Gasteiger partial charge in [-0.2, -0.15) is 0 Å². The highest BCUT2D eigenvalue weighted by atomic mass is 35.5. The lowest BCUT2D eigenvalue weighted by Gasteiger charge is -2.35. The molecule has 1 saturated carbocycles. The van der Waals surface area contributed by atoms with Crippen molar-refractivity contribution >= 4 is 23.4 Å². The normalized spacial score (nSPS) is 13.9. The molecule has 0 atom stereocenters. The van der Waals surface area contributed by atoms with E-state index in [1.54, 1.807) is 41.2 Å². The fourth-order valence-corrected chi connectivity index (χ4v) is 5.20. The summed E-state index contributed by atoms with van der Waals surface area (Å²) < 4.78 is 7.49. The fourth-order valence-electron chi connectivity index (χ4n) is 5.01. The molecule has 0 spiro atoms. The predicted molar refractivity (Wildman–Crippen MR) is 147 cm³/mol. The van der Waals surface area contributed by atoms with Crippen LogP contribution in [-0.2, 0) is 22.6 Å². The lowest BCUT2D eigenvalue weighted by atomic mass is 9.93. The van der Waals surface area contributed by atoms with Crippen LogP contribution >= 0.6 is 11.6 Å². The first-order chi connectivity index (χ1) is 18.0. The average Bonchev–Trinajstić information content (AvgIpc) is 3.36. The van der Waals surface area contributed by atoms with Crippen LogP contribution in [0.25, 0.3) is 0 Å². The Labute approximate surface area is 224 Å². The summed E-state index contributed by atoms with van der Waals surface area (Å²) in [6, 6.07) is 21.4. The maximum absolute atomic E-state index is 13.7. The molecule has 2 aromatic carbocycles. The number of amides is 2. The van der Waals surface area contributed by atoms with Gasteiger partial charge in [0.05, 0.1) is 13.2 Å². The summed E-state index contributed by atoms with van der Waals surface area (Å²) in [4.78, 5) is 30.9. The Morgan fingerprint density at radius 3 is 2.51 bits per heavy atom. The highest BCUT2D eigenvalue weighted by molar-refractivity contribution is 6.31. The van der Waals surface area contributed by atoms with Gasteiger partial charge in [-0.15, -0.1) is 0 Å². The summed E-state index contributed by atoms with van der Waals surface area (Å²) >= 11 is 6.18. The molecule has 0 aliphatic heterocycles. The van der Waals surface area contributed by atoms with E-state index in [1.165, 1.54) is 12.0 Å². The quantitative estimate of drug-likeness (QED) is 0.328. The van der Waals surface area contributed by atoms with Crippen LogP contribution < -0.4 is 0 Å². The minimum atomic E-state index is -0.137. The zero-order valence-electron chi connectivity index (χ0n) is 21.5. The number of carbonyl (C=O) groups is 2. The molecule has 1 aromatic heterocycles. The second kappa shape index (κ2) is 13.5. The van der Waals surface area contributed by atoms with Crippen LogP contribution in [0.2, 0.25) is 5.02 Å². The van der Waals surface area contributed by atoms with E-state index in [-0.39, 0.29) is 24.4 Å². The van der Waals surface area contributed by atoms with Crippen molar-refractivity contribution in [2.24, 2.45) is 0 Å². The number of hydrogen-bond donors (Lipinski definition) is 0. The first kappa shape index (κ1) is 27.0. The summed E-state index contributed by atoms with van der Waals surface area (Å²) in [7, 11) is 1.64. The number of aromatic nitrogens is 1. The first-order valence-corrected chi connectivity index (χ1v) is 13.4. The van der Waals surface area contributed by atoms with Crippen molar-refractivity contribution < 1.29 is 14.3 Å². The average molecular weight is 522 g/mol. The van der Waals surface area contributed by atoms with Gasteiger partial charge in [-0.3, -0.25) is 9.59 Å². The van der Waals surface area contributed by atoms with Crippen LogP contribution in [0, 0.1) is 0 Å². The maximum Gasteiger partial charge on any atom is 0.254 e. The highest BCUT2D eigenvalue weighted by Gasteiger charge is 2.30. The minimum absolute atomic E-state index is 0.0408. The van der Waals surface area contributed by atoms with E-state index in [4.69, 9.17) is 16.3 Å². The molecule has 0 saturated heterocycles. The molecule has 4 rings (SSSR count). The molecule has 1 fully saturated rings. The van der Waals surface area contributed by atoms with Gasteiger partial charge in [0.2, 0.25) is 5.91 Å². The smallest absolute Gasteiger partial charge is 0.254 e. The van der Waals surface area contributed by atoms with Gasteiger partial charge in [-0.05, 0) is 48.7 Å². The van der Waals surface area contributed by atoms with Gasteiger partial charge in [0, 0.05) is 48.7 Å². The van der Waals surface area contributed by atoms with Crippen molar-refractivity contribution in [2.45, 2.75) is 51.2 Å². The number of ether oxygens (including phenoxy) is 1. The van der Waals surface area contributed by atoms with Gasteiger partial charge < -0.3 is 19.1 Å². The van der Waals surface area contributed by atoms with Gasteiger partial charge in [-0.1, -0.05) is 67.3 Å². The van der Waals surface area contributed by atoms with Crippen LogP contribution in [-0.4, -0.2) is 59.0 Å². The van der Waals surface area contributed by atoms with Crippen molar-refractivity contribution in [1.29, 1.82) is 0 Å². The Hall–Kier alpha value is -3.09. The summed E-state index contributed by atoms with van der Waals surface area (Å²) in [6.07, 6.45) is 7.17. The number of hydrogen-bond acceptors (Lipinski definition) is 3. The van der Waals surface area contributed by atoms with Crippen molar-refractivity contribution in [3.8, 4) is 0 Å². The number of carbonyl (C=O) groups excluding carboxylic acids is 2. The van der Waals surface area contributed by atoms with Crippen molar-refractivity contribution in [1.82, 2.24) is 14.4 Å². The molecule has 7 heteroatoms. The molecule has 2 amide bonds. The first-order valence-electron chi connectivity index (χ1n) is 13.1. The van der Waals surface area contributed by atoms with Crippen molar-refractivity contribution in [2.75, 3.05) is 26.8 Å². The number of halogens is 1. The third kappa shape index (κ3) is 7.46. The topological polar surface area (TPSA) is 54.8 Å². The van der Waals surface area contributed by atoms with E-state index < -0.39 is 0 Å². The molecule has 196 valence electrons. The van der Waals surface area contributed by atoms with Gasteiger partial charge in [0.1, 0.15) is 6.54 Å². The zero-order chi connectivity index (χ0) is 26.0. The SMILES string of the molecule is COCCN(Cc1cccn1Cc1ccccc1)C(=O)CN(C(=O)c1cccc(Cl)c1)C1CCCCC1. The number of nitrogens with zero attached hydrogens (tertiary/aromatic N) is 3. The summed E-state index contributed by atoms with van der Waals surface area (Å²) in [5.41, 5.74) is 2.76. The molecule has 0 radical (unpaired) electrons. The van der Waals surface area contributed by atoms with E-state index in [0.29, 0.717) is 30.3 Å². The molecular formula is C30H36ClN3O3. The highest BCUT2D eigenvalue weighted by Crippen LogP contribution is 2.25. The maximum atomic E-state index is 13.7. The molecule has 0 N–H and O–H groups in total. The third-order valence-corrected chi connectivity index (χ3v) is 7.28. The molecule has 37 heavy (non-hydrogen) atoms. The molecular weight excluding hydrogens is 486 g/mol. The molecule has 0 bridgehead atoms. The Morgan fingerprint density at radius 1 is 1.00 bits per heavy atom. The zero-order valence-corrected chi connectivity index (χ0v) is 22.3. The molecule has 3 aromatic rings. The van der Waals surface area contributed by atoms with E-state index in [0.717, 1.165) is 37.9 Å². The fraction of sp³-hybridized carbons (Fsp3) is 0.400. The van der Waals surface area contributed by atoms with Crippen LogP contribution in [0.15, 0.2) is 72.9 Å².